The summed E-state index contributed by atoms with van der Waals surface area (Å²) in [6.45, 7) is 8.46. The van der Waals surface area contributed by atoms with E-state index in [1.54, 1.807) is 23.1 Å². The first-order valence-electron chi connectivity index (χ1n) is 13.3. The van der Waals surface area contributed by atoms with Gasteiger partial charge in [-0.25, -0.2) is 0 Å². The lowest BCUT2D eigenvalue weighted by molar-refractivity contribution is -0.141. The minimum Gasteiger partial charge on any atom is -0.352 e. The Balaban J connectivity index is 1.93. The zero-order valence-corrected chi connectivity index (χ0v) is 24.2. The number of nitrogens with one attached hydrogen (secondary N) is 1. The molecule has 0 fully saturated rings. The normalized spacial score (nSPS) is 12.7. The van der Waals surface area contributed by atoms with Crippen LogP contribution in [-0.4, -0.2) is 28.8 Å². The van der Waals surface area contributed by atoms with Gasteiger partial charge in [-0.15, -0.1) is 0 Å². The summed E-state index contributed by atoms with van der Waals surface area (Å²) in [5, 5.41) is 4.04. The maximum absolute atomic E-state index is 13.9. The van der Waals surface area contributed by atoms with E-state index in [1.165, 1.54) is 5.56 Å². The number of benzene rings is 3. The molecule has 6 heteroatoms. The molecular formula is C32H38Cl2N2O2. The highest BCUT2D eigenvalue weighted by Crippen LogP contribution is 2.28. The van der Waals surface area contributed by atoms with Gasteiger partial charge in [0.05, 0.1) is 0 Å². The second-order valence-electron chi connectivity index (χ2n) is 10.1. The highest BCUT2D eigenvalue weighted by atomic mass is 35.5. The lowest BCUT2D eigenvalue weighted by atomic mass is 9.99. The molecule has 0 saturated heterocycles. The van der Waals surface area contributed by atoms with E-state index < -0.39 is 6.04 Å². The quantitative estimate of drug-likeness (QED) is 0.251. The Kier molecular flexibility index (Phi) is 11.2. The molecular weight excluding hydrogens is 515 g/mol. The van der Waals surface area contributed by atoms with Crippen molar-refractivity contribution in [1.82, 2.24) is 10.2 Å². The Bertz CT molecular complexity index is 1180. The number of halogens is 2. The van der Waals surface area contributed by atoms with Crippen LogP contribution >= 0.6 is 23.2 Å². The Labute approximate surface area is 237 Å². The molecule has 2 amide bonds. The van der Waals surface area contributed by atoms with E-state index >= 15 is 0 Å². The van der Waals surface area contributed by atoms with E-state index in [0.29, 0.717) is 34.4 Å². The van der Waals surface area contributed by atoms with Crippen LogP contribution in [0, 0.1) is 0 Å². The van der Waals surface area contributed by atoms with Gasteiger partial charge < -0.3 is 10.2 Å². The van der Waals surface area contributed by atoms with Crippen LogP contribution in [0.2, 0.25) is 10.0 Å². The van der Waals surface area contributed by atoms with Gasteiger partial charge >= 0.3 is 0 Å². The second-order valence-corrected chi connectivity index (χ2v) is 11.0. The molecule has 0 aliphatic heterocycles. The van der Waals surface area contributed by atoms with Crippen molar-refractivity contribution < 1.29 is 9.59 Å². The maximum Gasteiger partial charge on any atom is 0.243 e. The molecule has 4 nitrogen and oxygen atoms in total. The van der Waals surface area contributed by atoms with Gasteiger partial charge in [0.2, 0.25) is 11.8 Å². The van der Waals surface area contributed by atoms with Gasteiger partial charge in [-0.05, 0) is 54.5 Å². The highest BCUT2D eigenvalue weighted by molar-refractivity contribution is 6.36. The first kappa shape index (κ1) is 29.7. The molecule has 3 rings (SSSR count). The van der Waals surface area contributed by atoms with Gasteiger partial charge in [-0.2, -0.15) is 0 Å². The summed E-state index contributed by atoms with van der Waals surface area (Å²) < 4.78 is 0. The number of hydrogen-bond donors (Lipinski definition) is 1. The van der Waals surface area contributed by atoms with Crippen molar-refractivity contribution in [3.63, 3.8) is 0 Å². The molecule has 202 valence electrons. The van der Waals surface area contributed by atoms with Gasteiger partial charge in [-0.1, -0.05) is 105 Å². The number of hydrogen-bond acceptors (Lipinski definition) is 2. The predicted molar refractivity (Wildman–Crippen MR) is 158 cm³/mol. The van der Waals surface area contributed by atoms with Crippen molar-refractivity contribution in [2.75, 3.05) is 0 Å². The number of rotatable bonds is 12. The first-order valence-corrected chi connectivity index (χ1v) is 14.1. The van der Waals surface area contributed by atoms with Crippen LogP contribution in [0.25, 0.3) is 0 Å². The number of amides is 2. The number of carbonyl (C=O) groups excluding carboxylic acids is 2. The van der Waals surface area contributed by atoms with Crippen molar-refractivity contribution in [2.24, 2.45) is 0 Å². The number of nitrogens with zero attached hydrogens (tertiary/aromatic N) is 1. The molecule has 0 aliphatic carbocycles. The van der Waals surface area contributed by atoms with Crippen LogP contribution in [0.4, 0.5) is 0 Å². The molecule has 1 N–H and O–H groups in total. The summed E-state index contributed by atoms with van der Waals surface area (Å²) in [6.07, 6.45) is 2.03. The van der Waals surface area contributed by atoms with Crippen molar-refractivity contribution in [1.29, 1.82) is 0 Å². The molecule has 2 unspecified atom stereocenters. The fourth-order valence-corrected chi connectivity index (χ4v) is 4.83. The summed E-state index contributed by atoms with van der Waals surface area (Å²) in [4.78, 5) is 29.2. The van der Waals surface area contributed by atoms with Crippen LogP contribution < -0.4 is 5.32 Å². The molecule has 0 heterocycles. The van der Waals surface area contributed by atoms with Crippen LogP contribution in [-0.2, 0) is 29.0 Å². The third-order valence-corrected chi connectivity index (χ3v) is 7.64. The van der Waals surface area contributed by atoms with Gasteiger partial charge in [0.25, 0.3) is 0 Å². The molecule has 2 atom stereocenters. The Morgan fingerprint density at radius 1 is 0.842 bits per heavy atom. The Morgan fingerprint density at radius 3 is 2.05 bits per heavy atom. The van der Waals surface area contributed by atoms with Gasteiger partial charge in [0.15, 0.2) is 0 Å². The molecule has 3 aromatic rings. The first-order chi connectivity index (χ1) is 18.2. The average molecular weight is 554 g/mol. The van der Waals surface area contributed by atoms with E-state index in [0.717, 1.165) is 17.5 Å². The lowest BCUT2D eigenvalue weighted by Crippen LogP contribution is -2.52. The molecule has 0 aliphatic rings. The van der Waals surface area contributed by atoms with Crippen molar-refractivity contribution in [2.45, 2.75) is 77.9 Å². The largest absolute Gasteiger partial charge is 0.352 e. The van der Waals surface area contributed by atoms with Crippen LogP contribution in [0.1, 0.15) is 68.7 Å². The van der Waals surface area contributed by atoms with Crippen LogP contribution in [0.5, 0.6) is 0 Å². The zero-order chi connectivity index (χ0) is 27.7. The predicted octanol–water partition coefficient (Wildman–Crippen LogP) is 7.60. The molecule has 0 aromatic heterocycles. The molecule has 0 radical (unpaired) electrons. The minimum absolute atomic E-state index is 0.0129. The zero-order valence-electron chi connectivity index (χ0n) is 22.7. The van der Waals surface area contributed by atoms with Crippen molar-refractivity contribution in [3.8, 4) is 0 Å². The molecule has 38 heavy (non-hydrogen) atoms. The van der Waals surface area contributed by atoms with Crippen molar-refractivity contribution >= 4 is 35.0 Å². The third kappa shape index (κ3) is 8.34. The third-order valence-electron chi connectivity index (χ3n) is 6.94. The summed E-state index contributed by atoms with van der Waals surface area (Å²) >= 11 is 13.0. The fourth-order valence-electron chi connectivity index (χ4n) is 4.31. The van der Waals surface area contributed by atoms with E-state index in [-0.39, 0.29) is 30.8 Å². The average Bonchev–Trinajstić information content (AvgIpc) is 2.91. The number of carbonyl (C=O) groups is 2. The van der Waals surface area contributed by atoms with Crippen LogP contribution in [0.3, 0.4) is 0 Å². The summed E-state index contributed by atoms with van der Waals surface area (Å²) in [7, 11) is 0. The molecule has 0 saturated carbocycles. The van der Waals surface area contributed by atoms with E-state index in [9.17, 15) is 9.59 Å². The monoisotopic (exact) mass is 552 g/mol. The highest BCUT2D eigenvalue weighted by Gasteiger charge is 2.31. The van der Waals surface area contributed by atoms with Crippen molar-refractivity contribution in [3.05, 3.63) is 105 Å². The number of aryl methyl sites for hydroxylation is 1. The fraction of sp³-hybridized carbons (Fsp3) is 0.375. The van der Waals surface area contributed by atoms with Gasteiger partial charge in [0, 0.05) is 41.0 Å². The van der Waals surface area contributed by atoms with E-state index in [2.05, 4.69) is 43.4 Å². The molecule has 0 spiro atoms. The smallest absolute Gasteiger partial charge is 0.243 e. The molecule has 3 aromatic carbocycles. The van der Waals surface area contributed by atoms with E-state index in [1.807, 2.05) is 44.2 Å². The summed E-state index contributed by atoms with van der Waals surface area (Å²) in [5.41, 5.74) is 3.96. The standard InChI is InChI=1S/C32H38Cl2N2O2/c1-5-23(4)35-32(38)30(20-25-10-7-6-8-11-25)36(21-27-28(33)12-9-13-29(27)34)31(37)19-16-24-14-17-26(18-15-24)22(2)3/h6-15,17-18,22-23,30H,5,16,19-21H2,1-4H3,(H,35,38). The topological polar surface area (TPSA) is 49.4 Å². The molecule has 0 bridgehead atoms. The summed E-state index contributed by atoms with van der Waals surface area (Å²) in [6, 6.07) is 22.7. The Morgan fingerprint density at radius 2 is 1.47 bits per heavy atom. The van der Waals surface area contributed by atoms with Gasteiger partial charge in [-0.3, -0.25) is 9.59 Å². The Hall–Kier alpha value is -2.82. The summed E-state index contributed by atoms with van der Waals surface area (Å²) in [5.74, 6) is 0.152. The van der Waals surface area contributed by atoms with Crippen LogP contribution in [0.15, 0.2) is 72.8 Å². The lowest BCUT2D eigenvalue weighted by Gasteiger charge is -2.33. The maximum atomic E-state index is 13.9. The second kappa shape index (κ2) is 14.4. The van der Waals surface area contributed by atoms with Gasteiger partial charge in [0.1, 0.15) is 6.04 Å². The van der Waals surface area contributed by atoms with E-state index in [4.69, 9.17) is 23.2 Å². The SMILES string of the molecule is CCC(C)NC(=O)C(Cc1ccccc1)N(Cc1c(Cl)cccc1Cl)C(=O)CCc1ccc(C(C)C)cc1. The minimum atomic E-state index is -0.713.